The average Bonchev–Trinajstić information content (AvgIpc) is 3.40. The van der Waals surface area contributed by atoms with Gasteiger partial charge in [-0.1, -0.05) is 398 Å². The third kappa shape index (κ3) is 62.0. The van der Waals surface area contributed by atoms with E-state index in [4.69, 9.17) is 0 Å². The van der Waals surface area contributed by atoms with Crippen LogP contribution in [0.3, 0.4) is 0 Å². The average molecular weight is 1040 g/mol. The van der Waals surface area contributed by atoms with Gasteiger partial charge in [-0.15, -0.1) is 0 Å². The Morgan fingerprint density at radius 1 is 0.311 bits per heavy atom. The molecule has 3 N–H and O–H groups in total. The first-order chi connectivity index (χ1) is 36.7. The SMILES string of the molecule is CCCCCCCCCCCCCCCCCCCCCCCCCCCC/C=C/C(O)C(CO)NC(=O)CCCCCCCCCCCCCCCCCCCCCCCCCCCCCCCCCCCC. The second-order valence-electron chi connectivity index (χ2n) is 24.3. The zero-order chi connectivity index (χ0) is 53.4. The van der Waals surface area contributed by atoms with Crippen LogP contribution >= 0.6 is 0 Å². The maximum atomic E-state index is 12.5. The van der Waals surface area contributed by atoms with E-state index in [1.54, 1.807) is 6.08 Å². The van der Waals surface area contributed by atoms with E-state index in [9.17, 15) is 15.0 Å². The van der Waals surface area contributed by atoms with Crippen molar-refractivity contribution in [3.05, 3.63) is 12.2 Å². The number of nitrogens with one attached hydrogen (secondary N) is 1. The van der Waals surface area contributed by atoms with Crippen LogP contribution in [0.25, 0.3) is 0 Å². The zero-order valence-corrected chi connectivity index (χ0v) is 51.2. The normalized spacial score (nSPS) is 12.6. The lowest BCUT2D eigenvalue weighted by Crippen LogP contribution is -2.45. The third-order valence-corrected chi connectivity index (χ3v) is 16.8. The molecule has 0 fully saturated rings. The Balaban J connectivity index is 3.39. The van der Waals surface area contributed by atoms with Crippen LogP contribution in [0.2, 0.25) is 0 Å². The smallest absolute Gasteiger partial charge is 0.220 e. The Morgan fingerprint density at radius 2 is 0.500 bits per heavy atom. The van der Waals surface area contributed by atoms with Gasteiger partial charge in [0.1, 0.15) is 0 Å². The van der Waals surface area contributed by atoms with Gasteiger partial charge in [0, 0.05) is 6.42 Å². The minimum Gasteiger partial charge on any atom is -0.394 e. The molecule has 0 aliphatic rings. The summed E-state index contributed by atoms with van der Waals surface area (Å²) in [5.74, 6) is -0.0530. The van der Waals surface area contributed by atoms with E-state index in [0.29, 0.717) is 6.42 Å². The van der Waals surface area contributed by atoms with E-state index in [0.717, 1.165) is 25.7 Å². The molecule has 0 spiro atoms. The van der Waals surface area contributed by atoms with Crippen LogP contribution in [0, 0.1) is 0 Å². The molecule has 0 aliphatic carbocycles. The third-order valence-electron chi connectivity index (χ3n) is 16.8. The van der Waals surface area contributed by atoms with Crippen LogP contribution in [0.1, 0.15) is 412 Å². The van der Waals surface area contributed by atoms with Crippen LogP contribution in [0.15, 0.2) is 12.2 Å². The maximum Gasteiger partial charge on any atom is 0.220 e. The van der Waals surface area contributed by atoms with Gasteiger partial charge in [0.15, 0.2) is 0 Å². The molecule has 0 bridgehead atoms. The highest BCUT2D eigenvalue weighted by Gasteiger charge is 2.18. The predicted octanol–water partition coefficient (Wildman–Crippen LogP) is 23.6. The van der Waals surface area contributed by atoms with Crippen molar-refractivity contribution in [2.24, 2.45) is 0 Å². The maximum absolute atomic E-state index is 12.5. The molecule has 0 rings (SSSR count). The summed E-state index contributed by atoms with van der Waals surface area (Å²) in [5, 5.41) is 23.3. The lowest BCUT2D eigenvalue weighted by Gasteiger charge is -2.20. The van der Waals surface area contributed by atoms with Gasteiger partial charge in [-0.2, -0.15) is 0 Å². The van der Waals surface area contributed by atoms with Gasteiger partial charge in [0.25, 0.3) is 0 Å². The molecule has 0 saturated heterocycles. The first-order valence-corrected chi connectivity index (χ1v) is 34.9. The second kappa shape index (κ2) is 66.4. The van der Waals surface area contributed by atoms with Crippen molar-refractivity contribution in [3.63, 3.8) is 0 Å². The van der Waals surface area contributed by atoms with Crippen molar-refractivity contribution >= 4 is 5.91 Å². The van der Waals surface area contributed by atoms with Crippen molar-refractivity contribution in [2.75, 3.05) is 6.61 Å². The lowest BCUT2D eigenvalue weighted by molar-refractivity contribution is -0.123. The van der Waals surface area contributed by atoms with Crippen LogP contribution in [0.5, 0.6) is 0 Å². The summed E-state index contributed by atoms with van der Waals surface area (Å²) in [6.45, 7) is 4.37. The van der Waals surface area contributed by atoms with Crippen LogP contribution in [-0.2, 0) is 4.79 Å². The summed E-state index contributed by atoms with van der Waals surface area (Å²) < 4.78 is 0. The zero-order valence-electron chi connectivity index (χ0n) is 51.2. The Labute approximate surface area is 467 Å². The Kier molecular flexibility index (Phi) is 65.6. The molecule has 2 atom stereocenters. The monoisotopic (exact) mass is 1040 g/mol. The van der Waals surface area contributed by atoms with Crippen molar-refractivity contribution in [1.82, 2.24) is 5.32 Å². The van der Waals surface area contributed by atoms with E-state index < -0.39 is 12.1 Å². The van der Waals surface area contributed by atoms with Crippen molar-refractivity contribution in [1.29, 1.82) is 0 Å². The largest absolute Gasteiger partial charge is 0.394 e. The van der Waals surface area contributed by atoms with Crippen LogP contribution in [0.4, 0.5) is 0 Å². The minimum absolute atomic E-state index is 0.0530. The molecule has 4 nitrogen and oxygen atoms in total. The molecule has 1 amide bonds. The quantitative estimate of drug-likeness (QED) is 0.0420. The summed E-state index contributed by atoms with van der Waals surface area (Å²) in [6, 6.07) is -0.620. The fourth-order valence-corrected chi connectivity index (χ4v) is 11.5. The fraction of sp³-hybridized carbons (Fsp3) is 0.957. The molecule has 442 valence electrons. The van der Waals surface area contributed by atoms with Crippen molar-refractivity contribution < 1.29 is 15.0 Å². The van der Waals surface area contributed by atoms with Crippen LogP contribution in [-0.4, -0.2) is 34.9 Å². The first kappa shape index (κ1) is 73.1. The highest BCUT2D eigenvalue weighted by Crippen LogP contribution is 2.20. The molecule has 2 unspecified atom stereocenters. The van der Waals surface area contributed by atoms with Gasteiger partial charge in [-0.05, 0) is 19.3 Å². The van der Waals surface area contributed by atoms with E-state index in [-0.39, 0.29) is 12.5 Å². The minimum atomic E-state index is -0.837. The van der Waals surface area contributed by atoms with Gasteiger partial charge in [0.05, 0.1) is 18.8 Å². The summed E-state index contributed by atoms with van der Waals surface area (Å²) >= 11 is 0. The Hall–Kier alpha value is -0.870. The summed E-state index contributed by atoms with van der Waals surface area (Å²) in [4.78, 5) is 12.5. The number of rotatable bonds is 66. The molecule has 0 heterocycles. The Bertz CT molecular complexity index is 1040. The number of hydrogen-bond acceptors (Lipinski definition) is 3. The number of aliphatic hydroxyl groups excluding tert-OH is 2. The molecule has 0 aromatic carbocycles. The van der Waals surface area contributed by atoms with E-state index in [2.05, 4.69) is 19.2 Å². The van der Waals surface area contributed by atoms with E-state index in [1.165, 1.54) is 366 Å². The summed E-state index contributed by atoms with van der Waals surface area (Å²) in [7, 11) is 0. The molecule has 4 heteroatoms. The Morgan fingerprint density at radius 3 is 0.703 bits per heavy atom. The van der Waals surface area contributed by atoms with E-state index in [1.807, 2.05) is 6.08 Å². The number of unbranched alkanes of at least 4 members (excludes halogenated alkanes) is 59. The highest BCUT2D eigenvalue weighted by atomic mass is 16.3. The number of allylic oxidation sites excluding steroid dienone is 1. The van der Waals surface area contributed by atoms with E-state index >= 15 is 0 Å². The summed E-state index contributed by atoms with van der Waals surface area (Å²) in [6.07, 6.45) is 88.8. The molecule has 0 aromatic rings. The van der Waals surface area contributed by atoms with Gasteiger partial charge >= 0.3 is 0 Å². The van der Waals surface area contributed by atoms with Gasteiger partial charge in [-0.25, -0.2) is 0 Å². The number of hydrogen-bond donors (Lipinski definition) is 3. The highest BCUT2D eigenvalue weighted by molar-refractivity contribution is 5.76. The lowest BCUT2D eigenvalue weighted by atomic mass is 10.0. The predicted molar refractivity (Wildman–Crippen MR) is 332 cm³/mol. The standard InChI is InChI=1S/C70H139NO3/c1-3-5-7-9-11-13-15-17-19-21-23-25-27-29-31-33-34-35-36-37-38-40-42-44-46-48-50-52-54-56-58-60-62-64-66-70(74)71-68(67-72)69(73)65-63-61-59-57-55-53-51-49-47-45-43-41-39-32-30-28-26-24-22-20-18-16-14-12-10-8-6-4-2/h63,65,68-69,72-73H,3-62,64,66-67H2,1-2H3,(H,71,74)/b65-63+. The van der Waals surface area contributed by atoms with Crippen LogP contribution < -0.4 is 5.32 Å². The van der Waals surface area contributed by atoms with Gasteiger partial charge in [0.2, 0.25) is 5.91 Å². The molecule has 0 aliphatic heterocycles. The molecular weight excluding hydrogens is 903 g/mol. The number of carbonyl (C=O) groups is 1. The van der Waals surface area contributed by atoms with Gasteiger partial charge in [-0.3, -0.25) is 4.79 Å². The molecule has 0 radical (unpaired) electrons. The molecule has 0 aromatic heterocycles. The molecular formula is C70H139NO3. The van der Waals surface area contributed by atoms with Crippen molar-refractivity contribution in [3.8, 4) is 0 Å². The van der Waals surface area contributed by atoms with Gasteiger partial charge < -0.3 is 15.5 Å². The first-order valence-electron chi connectivity index (χ1n) is 34.9. The number of carbonyl (C=O) groups excluding carboxylic acids is 1. The van der Waals surface area contributed by atoms with Crippen molar-refractivity contribution in [2.45, 2.75) is 424 Å². The fourth-order valence-electron chi connectivity index (χ4n) is 11.5. The number of amides is 1. The summed E-state index contributed by atoms with van der Waals surface area (Å²) in [5.41, 5.74) is 0. The molecule has 0 saturated carbocycles. The number of aliphatic hydroxyl groups is 2. The topological polar surface area (TPSA) is 69.6 Å². The molecule has 74 heavy (non-hydrogen) atoms. The second-order valence-corrected chi connectivity index (χ2v) is 24.3.